The van der Waals surface area contributed by atoms with Gasteiger partial charge in [0.1, 0.15) is 0 Å². The van der Waals surface area contributed by atoms with E-state index in [0.29, 0.717) is 6.54 Å². The van der Waals surface area contributed by atoms with E-state index in [1.165, 1.54) is 6.20 Å². The first-order valence-electron chi connectivity index (χ1n) is 4.61. The first kappa shape index (κ1) is 10.1. The fourth-order valence-electron chi connectivity index (χ4n) is 1.39. The zero-order valence-corrected chi connectivity index (χ0v) is 9.07. The lowest BCUT2D eigenvalue weighted by Gasteiger charge is -2.05. The molecule has 0 bridgehead atoms. The van der Waals surface area contributed by atoms with E-state index in [9.17, 15) is 0 Å². The summed E-state index contributed by atoms with van der Waals surface area (Å²) in [5.41, 5.74) is 2.12. The van der Waals surface area contributed by atoms with Gasteiger partial charge in [-0.1, -0.05) is 23.7 Å². The summed E-state index contributed by atoms with van der Waals surface area (Å²) in [6.45, 7) is 2.56. The van der Waals surface area contributed by atoms with Gasteiger partial charge in [-0.3, -0.25) is 4.68 Å². The second-order valence-corrected chi connectivity index (χ2v) is 3.90. The minimum atomic E-state index is 0.165. The third-order valence-corrected chi connectivity index (χ3v) is 2.51. The number of halogens is 1. The Morgan fingerprint density at radius 3 is 2.87 bits per heavy atom. The topological polar surface area (TPSA) is 38.0 Å². The van der Waals surface area contributed by atoms with Crippen molar-refractivity contribution >= 4 is 11.6 Å². The number of nitrogens with zero attached hydrogens (tertiary/aromatic N) is 2. The number of aromatic nitrogens is 2. The molecular weight excluding hydrogens is 212 g/mol. The van der Waals surface area contributed by atoms with E-state index in [2.05, 4.69) is 5.10 Å². The number of aromatic hydroxyl groups is 1. The molecule has 1 aromatic heterocycles. The summed E-state index contributed by atoms with van der Waals surface area (Å²) < 4.78 is 1.64. The largest absolute Gasteiger partial charge is 0.505 e. The number of hydrogen-bond donors (Lipinski definition) is 1. The van der Waals surface area contributed by atoms with Crippen LogP contribution < -0.4 is 0 Å². The van der Waals surface area contributed by atoms with Crippen molar-refractivity contribution < 1.29 is 5.11 Å². The highest BCUT2D eigenvalue weighted by Crippen LogP contribution is 2.19. The highest BCUT2D eigenvalue weighted by atomic mass is 35.5. The van der Waals surface area contributed by atoms with Gasteiger partial charge in [-0.2, -0.15) is 5.10 Å². The zero-order chi connectivity index (χ0) is 10.8. The van der Waals surface area contributed by atoms with Gasteiger partial charge in [0.05, 0.1) is 18.9 Å². The number of rotatable bonds is 2. The monoisotopic (exact) mass is 222 g/mol. The molecule has 1 N–H and O–H groups in total. The predicted octanol–water partition coefficient (Wildman–Crippen LogP) is 2.60. The molecule has 1 aromatic carbocycles. The van der Waals surface area contributed by atoms with Gasteiger partial charge in [-0.05, 0) is 24.1 Å². The lowest BCUT2D eigenvalue weighted by Crippen LogP contribution is -2.00. The molecule has 0 spiro atoms. The van der Waals surface area contributed by atoms with Crippen LogP contribution in [0.2, 0.25) is 5.02 Å². The summed E-state index contributed by atoms with van der Waals surface area (Å²) in [4.78, 5) is 0. The summed E-state index contributed by atoms with van der Waals surface area (Å²) in [5.74, 6) is 0.165. The van der Waals surface area contributed by atoms with Crippen molar-refractivity contribution in [2.24, 2.45) is 0 Å². The Balaban J connectivity index is 2.24. The molecule has 0 saturated heterocycles. The first-order chi connectivity index (χ1) is 7.15. The lowest BCUT2D eigenvalue weighted by atomic mass is 10.1. The molecule has 4 heteroatoms. The lowest BCUT2D eigenvalue weighted by molar-refractivity contribution is 0.474. The molecule has 0 aliphatic heterocycles. The maximum atomic E-state index is 9.13. The van der Waals surface area contributed by atoms with Gasteiger partial charge in [-0.25, -0.2) is 0 Å². The van der Waals surface area contributed by atoms with E-state index in [1.807, 2.05) is 25.1 Å². The quantitative estimate of drug-likeness (QED) is 0.848. The highest BCUT2D eigenvalue weighted by molar-refractivity contribution is 6.31. The van der Waals surface area contributed by atoms with Crippen molar-refractivity contribution in [3.8, 4) is 5.75 Å². The van der Waals surface area contributed by atoms with Crippen molar-refractivity contribution in [3.05, 3.63) is 46.7 Å². The van der Waals surface area contributed by atoms with Crippen LogP contribution in [-0.4, -0.2) is 14.9 Å². The fraction of sp³-hybridized carbons (Fsp3) is 0.182. The smallest absolute Gasteiger partial charge is 0.153 e. The second-order valence-electron chi connectivity index (χ2n) is 3.49. The molecule has 0 radical (unpaired) electrons. The maximum Gasteiger partial charge on any atom is 0.153 e. The average Bonchev–Trinajstić information content (AvgIpc) is 2.56. The van der Waals surface area contributed by atoms with Crippen molar-refractivity contribution in [2.45, 2.75) is 13.5 Å². The van der Waals surface area contributed by atoms with Crippen LogP contribution in [0.4, 0.5) is 0 Å². The van der Waals surface area contributed by atoms with Crippen LogP contribution >= 0.6 is 11.6 Å². The molecule has 0 amide bonds. The van der Waals surface area contributed by atoms with E-state index < -0.39 is 0 Å². The van der Waals surface area contributed by atoms with Crippen LogP contribution in [0.5, 0.6) is 5.75 Å². The highest BCUT2D eigenvalue weighted by Gasteiger charge is 2.02. The van der Waals surface area contributed by atoms with Crippen LogP contribution in [0, 0.1) is 6.92 Å². The molecule has 0 aliphatic carbocycles. The van der Waals surface area contributed by atoms with Crippen LogP contribution in [0.3, 0.4) is 0 Å². The Hall–Kier alpha value is -1.48. The molecule has 0 aliphatic rings. The minimum Gasteiger partial charge on any atom is -0.505 e. The van der Waals surface area contributed by atoms with Gasteiger partial charge in [0.25, 0.3) is 0 Å². The van der Waals surface area contributed by atoms with Crippen molar-refractivity contribution in [3.63, 3.8) is 0 Å². The van der Waals surface area contributed by atoms with E-state index in [1.54, 1.807) is 10.9 Å². The van der Waals surface area contributed by atoms with Gasteiger partial charge in [0.15, 0.2) is 5.75 Å². The third-order valence-electron chi connectivity index (χ3n) is 2.16. The van der Waals surface area contributed by atoms with Crippen molar-refractivity contribution in [2.75, 3.05) is 0 Å². The molecule has 0 fully saturated rings. The standard InChI is InChI=1S/C11H11ClN2O/c1-8-2-3-9(11(12)4-8)6-14-7-10(15)5-13-14/h2-5,7,15H,6H2,1H3. The van der Waals surface area contributed by atoms with Crippen LogP contribution in [0.1, 0.15) is 11.1 Å². The Morgan fingerprint density at radius 1 is 1.47 bits per heavy atom. The van der Waals surface area contributed by atoms with Gasteiger partial charge in [0.2, 0.25) is 0 Å². The summed E-state index contributed by atoms with van der Waals surface area (Å²) >= 11 is 6.08. The number of aryl methyl sites for hydroxylation is 1. The maximum absolute atomic E-state index is 9.13. The summed E-state index contributed by atoms with van der Waals surface area (Å²) in [7, 11) is 0. The Bertz CT molecular complexity index is 479. The van der Waals surface area contributed by atoms with Gasteiger partial charge < -0.3 is 5.11 Å². The van der Waals surface area contributed by atoms with E-state index in [4.69, 9.17) is 16.7 Å². The van der Waals surface area contributed by atoms with Crippen molar-refractivity contribution in [1.29, 1.82) is 0 Å². The van der Waals surface area contributed by atoms with Crippen LogP contribution in [0.25, 0.3) is 0 Å². The SMILES string of the molecule is Cc1ccc(Cn2cc(O)cn2)c(Cl)c1. The van der Waals surface area contributed by atoms with Gasteiger partial charge in [0, 0.05) is 5.02 Å². The van der Waals surface area contributed by atoms with Gasteiger partial charge >= 0.3 is 0 Å². The molecule has 0 atom stereocenters. The molecule has 2 aromatic rings. The van der Waals surface area contributed by atoms with Crippen molar-refractivity contribution in [1.82, 2.24) is 9.78 Å². The molecule has 2 rings (SSSR count). The summed E-state index contributed by atoms with van der Waals surface area (Å²) in [6.07, 6.45) is 2.97. The van der Waals surface area contributed by atoms with Gasteiger partial charge in [-0.15, -0.1) is 0 Å². The summed E-state index contributed by atoms with van der Waals surface area (Å²) in [6, 6.07) is 5.89. The van der Waals surface area contributed by atoms with E-state index in [-0.39, 0.29) is 5.75 Å². The van der Waals surface area contributed by atoms with Crippen LogP contribution in [0.15, 0.2) is 30.6 Å². The first-order valence-corrected chi connectivity index (χ1v) is 4.99. The third kappa shape index (κ3) is 2.30. The number of benzene rings is 1. The molecule has 78 valence electrons. The molecule has 1 heterocycles. The van der Waals surface area contributed by atoms with Crippen LogP contribution in [-0.2, 0) is 6.54 Å². The van der Waals surface area contributed by atoms with E-state index in [0.717, 1.165) is 16.1 Å². The Labute approximate surface area is 92.9 Å². The Morgan fingerprint density at radius 2 is 2.27 bits per heavy atom. The molecule has 3 nitrogen and oxygen atoms in total. The molecule has 0 saturated carbocycles. The normalized spacial score (nSPS) is 10.5. The minimum absolute atomic E-state index is 0.165. The molecule has 15 heavy (non-hydrogen) atoms. The van der Waals surface area contributed by atoms with E-state index >= 15 is 0 Å². The second kappa shape index (κ2) is 3.95. The zero-order valence-electron chi connectivity index (χ0n) is 8.31. The fourth-order valence-corrected chi connectivity index (χ4v) is 1.69. The number of hydrogen-bond acceptors (Lipinski definition) is 2. The predicted molar refractivity (Wildman–Crippen MR) is 59.2 cm³/mol. The Kier molecular flexibility index (Phi) is 2.64. The summed E-state index contributed by atoms with van der Waals surface area (Å²) in [5, 5.41) is 13.8. The average molecular weight is 223 g/mol. The molecule has 0 unspecified atom stereocenters. The molecular formula is C11H11ClN2O.